The van der Waals surface area contributed by atoms with Crippen LogP contribution >= 0.6 is 0 Å². The Kier molecular flexibility index (Phi) is 7.91. The highest BCUT2D eigenvalue weighted by Gasteiger charge is 2.32. The molecule has 0 aliphatic carbocycles. The lowest BCUT2D eigenvalue weighted by Crippen LogP contribution is -2.59. The van der Waals surface area contributed by atoms with Gasteiger partial charge >= 0.3 is 0 Å². The van der Waals surface area contributed by atoms with Crippen molar-refractivity contribution in [2.75, 3.05) is 59.0 Å². The number of nitrogens with zero attached hydrogens (tertiary/aromatic N) is 2. The molecular weight excluding hydrogens is 238 g/mol. The van der Waals surface area contributed by atoms with E-state index in [-0.39, 0.29) is 5.60 Å². The maximum absolute atomic E-state index is 5.95. The molecule has 1 fully saturated rings. The summed E-state index contributed by atoms with van der Waals surface area (Å²) >= 11 is 0. The summed E-state index contributed by atoms with van der Waals surface area (Å²) in [5, 5.41) is 3.27. The van der Waals surface area contributed by atoms with Gasteiger partial charge in [-0.05, 0) is 46.1 Å². The van der Waals surface area contributed by atoms with E-state index in [2.05, 4.69) is 42.8 Å². The molecule has 1 saturated heterocycles. The lowest BCUT2D eigenvalue weighted by molar-refractivity contribution is -0.0720. The molecule has 4 heteroatoms. The summed E-state index contributed by atoms with van der Waals surface area (Å²) in [5.41, 5.74) is 0.0978. The van der Waals surface area contributed by atoms with Gasteiger partial charge in [0.2, 0.25) is 0 Å². The van der Waals surface area contributed by atoms with E-state index in [1.807, 2.05) is 0 Å². The van der Waals surface area contributed by atoms with E-state index in [4.69, 9.17) is 4.74 Å². The maximum atomic E-state index is 5.95. The van der Waals surface area contributed by atoms with Crippen molar-refractivity contribution in [3.05, 3.63) is 0 Å². The number of ether oxygens (including phenoxy) is 1. The molecule has 0 aromatic rings. The van der Waals surface area contributed by atoms with Gasteiger partial charge in [-0.2, -0.15) is 0 Å². The SMILES string of the molecule is CCN(CC)CCCN(CC)CCOC1(C)CNC1. The Morgan fingerprint density at radius 1 is 0.947 bits per heavy atom. The Morgan fingerprint density at radius 3 is 2.00 bits per heavy atom. The van der Waals surface area contributed by atoms with Crippen molar-refractivity contribution < 1.29 is 4.74 Å². The van der Waals surface area contributed by atoms with E-state index in [0.717, 1.165) is 45.9 Å². The molecular formula is C15H33N3O. The van der Waals surface area contributed by atoms with Gasteiger partial charge in [-0.1, -0.05) is 20.8 Å². The average molecular weight is 271 g/mol. The molecule has 0 radical (unpaired) electrons. The summed E-state index contributed by atoms with van der Waals surface area (Å²) in [5.74, 6) is 0. The van der Waals surface area contributed by atoms with Gasteiger partial charge in [-0.15, -0.1) is 0 Å². The molecule has 0 aromatic carbocycles. The van der Waals surface area contributed by atoms with Crippen LogP contribution in [0, 0.1) is 0 Å². The monoisotopic (exact) mass is 271 g/mol. The third-order valence-corrected chi connectivity index (χ3v) is 4.15. The first-order chi connectivity index (χ1) is 9.13. The van der Waals surface area contributed by atoms with E-state index in [1.165, 1.54) is 19.5 Å². The normalized spacial score (nSPS) is 18.0. The zero-order valence-corrected chi connectivity index (χ0v) is 13.4. The highest BCUT2D eigenvalue weighted by atomic mass is 16.5. The summed E-state index contributed by atoms with van der Waals surface area (Å²) in [6.45, 7) is 18.7. The molecule has 0 amide bonds. The van der Waals surface area contributed by atoms with Crippen molar-refractivity contribution >= 4 is 0 Å². The quantitative estimate of drug-likeness (QED) is 0.615. The van der Waals surface area contributed by atoms with Crippen LogP contribution in [0.1, 0.15) is 34.1 Å². The van der Waals surface area contributed by atoms with Gasteiger partial charge in [0.25, 0.3) is 0 Å². The van der Waals surface area contributed by atoms with Gasteiger partial charge in [-0.25, -0.2) is 0 Å². The van der Waals surface area contributed by atoms with Crippen LogP contribution in [0.5, 0.6) is 0 Å². The number of rotatable bonds is 11. The van der Waals surface area contributed by atoms with Crippen molar-refractivity contribution in [3.63, 3.8) is 0 Å². The molecule has 114 valence electrons. The number of hydrogen-bond donors (Lipinski definition) is 1. The van der Waals surface area contributed by atoms with Crippen LogP contribution in [0.15, 0.2) is 0 Å². The van der Waals surface area contributed by atoms with Crippen molar-refractivity contribution in [3.8, 4) is 0 Å². The van der Waals surface area contributed by atoms with Crippen LogP contribution in [0.3, 0.4) is 0 Å². The highest BCUT2D eigenvalue weighted by Crippen LogP contribution is 2.14. The first-order valence-corrected chi connectivity index (χ1v) is 7.93. The lowest BCUT2D eigenvalue weighted by Gasteiger charge is -2.39. The fourth-order valence-corrected chi connectivity index (χ4v) is 2.49. The third kappa shape index (κ3) is 6.21. The average Bonchev–Trinajstić information content (AvgIpc) is 2.39. The summed E-state index contributed by atoms with van der Waals surface area (Å²) in [6.07, 6.45) is 1.26. The highest BCUT2D eigenvalue weighted by molar-refractivity contribution is 4.90. The molecule has 0 atom stereocenters. The van der Waals surface area contributed by atoms with Crippen LogP contribution < -0.4 is 5.32 Å². The van der Waals surface area contributed by atoms with E-state index in [1.54, 1.807) is 0 Å². The smallest absolute Gasteiger partial charge is 0.0902 e. The molecule has 1 aliphatic heterocycles. The molecule has 0 aromatic heterocycles. The van der Waals surface area contributed by atoms with Crippen molar-refractivity contribution in [2.24, 2.45) is 0 Å². The van der Waals surface area contributed by atoms with Crippen LogP contribution in [0.25, 0.3) is 0 Å². The summed E-state index contributed by atoms with van der Waals surface area (Å²) in [6, 6.07) is 0. The van der Waals surface area contributed by atoms with Crippen LogP contribution in [0.2, 0.25) is 0 Å². The molecule has 1 rings (SSSR count). The molecule has 0 unspecified atom stereocenters. The predicted octanol–water partition coefficient (Wildman–Crippen LogP) is 1.42. The Labute approximate surface area is 119 Å². The van der Waals surface area contributed by atoms with Gasteiger partial charge in [-0.3, -0.25) is 0 Å². The summed E-state index contributed by atoms with van der Waals surface area (Å²) in [4.78, 5) is 4.99. The first kappa shape index (κ1) is 16.9. The van der Waals surface area contributed by atoms with Crippen molar-refractivity contribution in [2.45, 2.75) is 39.7 Å². The van der Waals surface area contributed by atoms with E-state index < -0.39 is 0 Å². The van der Waals surface area contributed by atoms with Gasteiger partial charge in [0.1, 0.15) is 0 Å². The Balaban J connectivity index is 2.08. The Hall–Kier alpha value is -0.160. The number of hydrogen-bond acceptors (Lipinski definition) is 4. The molecule has 0 saturated carbocycles. The van der Waals surface area contributed by atoms with Crippen LogP contribution in [0.4, 0.5) is 0 Å². The van der Waals surface area contributed by atoms with Crippen LogP contribution in [-0.2, 0) is 4.74 Å². The van der Waals surface area contributed by atoms with Gasteiger partial charge in [0.05, 0.1) is 12.2 Å². The predicted molar refractivity (Wildman–Crippen MR) is 81.7 cm³/mol. The molecule has 19 heavy (non-hydrogen) atoms. The summed E-state index contributed by atoms with van der Waals surface area (Å²) < 4.78 is 5.95. The van der Waals surface area contributed by atoms with Gasteiger partial charge in [0, 0.05) is 19.6 Å². The molecule has 4 nitrogen and oxygen atoms in total. The van der Waals surface area contributed by atoms with E-state index in [9.17, 15) is 0 Å². The largest absolute Gasteiger partial charge is 0.371 e. The van der Waals surface area contributed by atoms with Crippen LogP contribution in [-0.4, -0.2) is 74.4 Å². The molecule has 0 bridgehead atoms. The molecule has 0 spiro atoms. The topological polar surface area (TPSA) is 27.7 Å². The second-order valence-electron chi connectivity index (χ2n) is 5.72. The molecule has 1 heterocycles. The van der Waals surface area contributed by atoms with E-state index in [0.29, 0.717) is 0 Å². The first-order valence-electron chi connectivity index (χ1n) is 7.93. The second-order valence-corrected chi connectivity index (χ2v) is 5.72. The number of nitrogens with one attached hydrogen (secondary N) is 1. The van der Waals surface area contributed by atoms with Crippen molar-refractivity contribution in [1.82, 2.24) is 15.1 Å². The molecule has 1 aliphatic rings. The fourth-order valence-electron chi connectivity index (χ4n) is 2.49. The number of likely N-dealkylation sites (N-methyl/N-ethyl adjacent to an activating group) is 1. The molecule has 1 N–H and O–H groups in total. The Bertz CT molecular complexity index is 227. The van der Waals surface area contributed by atoms with E-state index >= 15 is 0 Å². The lowest BCUT2D eigenvalue weighted by atomic mass is 10.0. The minimum absolute atomic E-state index is 0.0978. The fraction of sp³-hybridized carbons (Fsp3) is 1.00. The minimum atomic E-state index is 0.0978. The summed E-state index contributed by atoms with van der Waals surface area (Å²) in [7, 11) is 0. The Morgan fingerprint density at radius 2 is 1.53 bits per heavy atom. The standard InChI is InChI=1S/C15H33N3O/c1-5-17(6-2)9-8-10-18(7-3)11-12-19-15(4)13-16-14-15/h16H,5-14H2,1-4H3. The zero-order valence-electron chi connectivity index (χ0n) is 13.4. The zero-order chi connectivity index (χ0) is 14.1. The third-order valence-electron chi connectivity index (χ3n) is 4.15. The van der Waals surface area contributed by atoms with Gasteiger partial charge < -0.3 is 19.9 Å². The van der Waals surface area contributed by atoms with Crippen molar-refractivity contribution in [1.29, 1.82) is 0 Å². The minimum Gasteiger partial charge on any atom is -0.371 e. The second kappa shape index (κ2) is 8.90. The van der Waals surface area contributed by atoms with Gasteiger partial charge in [0.15, 0.2) is 0 Å². The maximum Gasteiger partial charge on any atom is 0.0902 e.